The minimum absolute atomic E-state index is 0.0143. The first kappa shape index (κ1) is 16.1. The van der Waals surface area contributed by atoms with E-state index < -0.39 is 11.9 Å². The molecule has 1 aliphatic rings. The van der Waals surface area contributed by atoms with E-state index in [9.17, 15) is 14.7 Å². The van der Waals surface area contributed by atoms with Gasteiger partial charge in [-0.1, -0.05) is 19.1 Å². The number of rotatable bonds is 5. The molecule has 2 aromatic rings. The van der Waals surface area contributed by atoms with Crippen molar-refractivity contribution < 1.29 is 19.1 Å². The van der Waals surface area contributed by atoms with Crippen molar-refractivity contribution in [2.75, 3.05) is 23.3 Å². The van der Waals surface area contributed by atoms with Crippen LogP contribution in [0.2, 0.25) is 0 Å². The second-order valence-electron chi connectivity index (χ2n) is 5.77. The van der Waals surface area contributed by atoms with Crippen LogP contribution in [-0.2, 0) is 6.42 Å². The van der Waals surface area contributed by atoms with Gasteiger partial charge in [0, 0.05) is 25.6 Å². The van der Waals surface area contributed by atoms with Crippen molar-refractivity contribution in [1.82, 2.24) is 0 Å². The summed E-state index contributed by atoms with van der Waals surface area (Å²) in [5, 5.41) is 12.0. The van der Waals surface area contributed by atoms with Crippen molar-refractivity contribution in [3.63, 3.8) is 0 Å². The number of benzene rings is 1. The van der Waals surface area contributed by atoms with E-state index in [0.717, 1.165) is 31.6 Å². The van der Waals surface area contributed by atoms with Crippen LogP contribution < -0.4 is 10.2 Å². The van der Waals surface area contributed by atoms with Gasteiger partial charge in [-0.15, -0.1) is 0 Å². The molecule has 0 bridgehead atoms. The van der Waals surface area contributed by atoms with Gasteiger partial charge in [0.25, 0.3) is 5.91 Å². The molecule has 1 aliphatic heterocycles. The highest BCUT2D eigenvalue weighted by Gasteiger charge is 2.22. The van der Waals surface area contributed by atoms with Gasteiger partial charge in [-0.05, 0) is 25.0 Å². The molecule has 3 rings (SSSR count). The number of amides is 1. The fraction of sp³-hybridized carbons (Fsp3) is 0.333. The molecule has 0 atom stereocenters. The van der Waals surface area contributed by atoms with Crippen molar-refractivity contribution in [2.24, 2.45) is 0 Å². The van der Waals surface area contributed by atoms with Crippen molar-refractivity contribution in [2.45, 2.75) is 26.2 Å². The van der Waals surface area contributed by atoms with Gasteiger partial charge in [0.05, 0.1) is 11.4 Å². The van der Waals surface area contributed by atoms with Crippen molar-refractivity contribution >= 4 is 23.3 Å². The van der Waals surface area contributed by atoms with E-state index in [4.69, 9.17) is 4.42 Å². The van der Waals surface area contributed by atoms with Gasteiger partial charge in [0.15, 0.2) is 5.76 Å². The summed E-state index contributed by atoms with van der Waals surface area (Å²) < 4.78 is 5.42. The molecule has 24 heavy (non-hydrogen) atoms. The lowest BCUT2D eigenvalue weighted by Crippen LogP contribution is -2.21. The van der Waals surface area contributed by atoms with Crippen LogP contribution in [0.5, 0.6) is 0 Å². The Balaban J connectivity index is 1.84. The SMILES string of the molecule is CCc1oc(C(=O)Nc2ccccc2N2CCCC2)cc1C(=O)O. The predicted molar refractivity (Wildman–Crippen MR) is 90.9 cm³/mol. The first-order valence-electron chi connectivity index (χ1n) is 8.11. The third kappa shape index (κ3) is 3.13. The zero-order valence-corrected chi connectivity index (χ0v) is 13.5. The van der Waals surface area contributed by atoms with Gasteiger partial charge in [0.1, 0.15) is 11.3 Å². The molecule has 0 spiro atoms. The summed E-state index contributed by atoms with van der Waals surface area (Å²) in [6.07, 6.45) is 2.70. The van der Waals surface area contributed by atoms with E-state index in [1.165, 1.54) is 6.07 Å². The molecule has 1 aromatic carbocycles. The lowest BCUT2D eigenvalue weighted by atomic mass is 10.2. The maximum absolute atomic E-state index is 12.5. The Bertz CT molecular complexity index is 760. The standard InChI is InChI=1S/C18H20N2O4/c1-2-15-12(18(22)23)11-16(24-15)17(21)19-13-7-3-4-8-14(13)20-9-5-6-10-20/h3-4,7-8,11H,2,5-6,9-10H2,1H3,(H,19,21)(H,22,23). The van der Waals surface area contributed by atoms with Crippen LogP contribution in [0.1, 0.15) is 46.4 Å². The number of nitrogens with zero attached hydrogens (tertiary/aromatic N) is 1. The number of aryl methyl sites for hydroxylation is 1. The highest BCUT2D eigenvalue weighted by Crippen LogP contribution is 2.29. The molecule has 6 nitrogen and oxygen atoms in total. The molecule has 126 valence electrons. The number of hydrogen-bond donors (Lipinski definition) is 2. The number of furan rings is 1. The average molecular weight is 328 g/mol. The molecule has 1 fully saturated rings. The Morgan fingerprint density at radius 3 is 2.58 bits per heavy atom. The Morgan fingerprint density at radius 2 is 1.96 bits per heavy atom. The van der Waals surface area contributed by atoms with Gasteiger partial charge in [0.2, 0.25) is 0 Å². The number of anilines is 2. The molecule has 2 heterocycles. The molecule has 2 N–H and O–H groups in total. The number of carboxylic acids is 1. The Morgan fingerprint density at radius 1 is 1.25 bits per heavy atom. The van der Waals surface area contributed by atoms with Crippen molar-refractivity contribution in [3.8, 4) is 0 Å². The Kier molecular flexibility index (Phi) is 4.55. The zero-order chi connectivity index (χ0) is 17.1. The molecule has 1 saturated heterocycles. The van der Waals surface area contributed by atoms with E-state index in [1.807, 2.05) is 24.3 Å². The average Bonchev–Trinajstić information content (AvgIpc) is 3.25. The van der Waals surface area contributed by atoms with Crippen LogP contribution in [0.15, 0.2) is 34.7 Å². The van der Waals surface area contributed by atoms with E-state index in [1.54, 1.807) is 6.92 Å². The van der Waals surface area contributed by atoms with E-state index >= 15 is 0 Å². The molecule has 0 unspecified atom stereocenters. The van der Waals surface area contributed by atoms with Crippen LogP contribution in [-0.4, -0.2) is 30.1 Å². The molecule has 1 aromatic heterocycles. The van der Waals surface area contributed by atoms with Crippen LogP contribution in [0.25, 0.3) is 0 Å². The summed E-state index contributed by atoms with van der Waals surface area (Å²) in [5.74, 6) is -1.21. The monoisotopic (exact) mass is 328 g/mol. The molecular weight excluding hydrogens is 308 g/mol. The lowest BCUT2D eigenvalue weighted by Gasteiger charge is -2.21. The second kappa shape index (κ2) is 6.78. The number of carboxylic acid groups (broad SMARTS) is 1. The molecular formula is C18H20N2O4. The molecule has 0 radical (unpaired) electrons. The fourth-order valence-corrected chi connectivity index (χ4v) is 2.98. The smallest absolute Gasteiger partial charge is 0.339 e. The first-order chi connectivity index (χ1) is 11.6. The predicted octanol–water partition coefficient (Wildman–Crippen LogP) is 3.39. The summed E-state index contributed by atoms with van der Waals surface area (Å²) in [6.45, 7) is 3.73. The second-order valence-corrected chi connectivity index (χ2v) is 5.77. The van der Waals surface area contributed by atoms with E-state index in [-0.39, 0.29) is 11.3 Å². The number of hydrogen-bond acceptors (Lipinski definition) is 4. The minimum Gasteiger partial charge on any atom is -0.478 e. The van der Waals surface area contributed by atoms with Crippen LogP contribution in [0.4, 0.5) is 11.4 Å². The van der Waals surface area contributed by atoms with Crippen molar-refractivity contribution in [1.29, 1.82) is 0 Å². The molecule has 0 saturated carbocycles. The summed E-state index contributed by atoms with van der Waals surface area (Å²) in [5.41, 5.74) is 1.72. The van der Waals surface area contributed by atoms with Gasteiger partial charge >= 0.3 is 5.97 Å². The highest BCUT2D eigenvalue weighted by atomic mass is 16.4. The van der Waals surface area contributed by atoms with E-state index in [2.05, 4.69) is 10.2 Å². The maximum atomic E-state index is 12.5. The van der Waals surface area contributed by atoms with Gasteiger partial charge in [-0.3, -0.25) is 4.79 Å². The van der Waals surface area contributed by atoms with Crippen LogP contribution in [0, 0.1) is 0 Å². The number of para-hydroxylation sites is 2. The topological polar surface area (TPSA) is 82.8 Å². The van der Waals surface area contributed by atoms with Crippen LogP contribution in [0.3, 0.4) is 0 Å². The third-order valence-corrected chi connectivity index (χ3v) is 4.18. The molecule has 6 heteroatoms. The Labute approximate surface area is 140 Å². The maximum Gasteiger partial charge on any atom is 0.339 e. The lowest BCUT2D eigenvalue weighted by molar-refractivity contribution is 0.0694. The fourth-order valence-electron chi connectivity index (χ4n) is 2.98. The van der Waals surface area contributed by atoms with Crippen LogP contribution >= 0.6 is 0 Å². The summed E-state index contributed by atoms with van der Waals surface area (Å²) in [4.78, 5) is 25.9. The molecule has 0 aliphatic carbocycles. The third-order valence-electron chi connectivity index (χ3n) is 4.18. The number of aromatic carboxylic acids is 1. The van der Waals surface area contributed by atoms with Crippen molar-refractivity contribution in [3.05, 3.63) is 47.4 Å². The minimum atomic E-state index is -1.09. The first-order valence-corrected chi connectivity index (χ1v) is 8.11. The summed E-state index contributed by atoms with van der Waals surface area (Å²) in [7, 11) is 0. The highest BCUT2D eigenvalue weighted by molar-refractivity contribution is 6.05. The van der Waals surface area contributed by atoms with Gasteiger partial charge in [-0.25, -0.2) is 4.79 Å². The molecule has 1 amide bonds. The summed E-state index contributed by atoms with van der Waals surface area (Å²) in [6, 6.07) is 8.90. The number of carbonyl (C=O) groups is 2. The number of nitrogens with one attached hydrogen (secondary N) is 1. The largest absolute Gasteiger partial charge is 0.478 e. The number of carbonyl (C=O) groups excluding carboxylic acids is 1. The summed E-state index contributed by atoms with van der Waals surface area (Å²) >= 11 is 0. The quantitative estimate of drug-likeness (QED) is 0.879. The van der Waals surface area contributed by atoms with E-state index in [0.29, 0.717) is 17.9 Å². The Hall–Kier alpha value is -2.76. The normalized spacial score (nSPS) is 14.0. The van der Waals surface area contributed by atoms with Gasteiger partial charge < -0.3 is 19.7 Å². The van der Waals surface area contributed by atoms with Gasteiger partial charge in [-0.2, -0.15) is 0 Å². The zero-order valence-electron chi connectivity index (χ0n) is 13.5.